The molecule has 0 amide bonds. The maximum atomic E-state index is 11.4. The highest BCUT2D eigenvalue weighted by molar-refractivity contribution is 5.90. The monoisotopic (exact) mass is 339 g/mol. The van der Waals surface area contributed by atoms with Gasteiger partial charge in [0.05, 0.1) is 6.42 Å². The van der Waals surface area contributed by atoms with Gasteiger partial charge < -0.3 is 19.9 Å². The Morgan fingerprint density at radius 1 is 1.08 bits per heavy atom. The molecule has 3 N–H and O–H groups in total. The Bertz CT molecular complexity index is 940. The van der Waals surface area contributed by atoms with Gasteiger partial charge in [-0.1, -0.05) is 26.0 Å². The summed E-state index contributed by atoms with van der Waals surface area (Å²) in [5.41, 5.74) is 3.47. The molecule has 0 aliphatic rings. The number of fused-ring (bicyclic) bond motifs is 1. The third kappa shape index (κ3) is 3.31. The van der Waals surface area contributed by atoms with Crippen LogP contribution in [0.1, 0.15) is 36.6 Å². The Hall–Kier alpha value is -2.95. The number of aromatic hydroxyl groups is 2. The molecule has 0 bridgehead atoms. The molecule has 0 fully saturated rings. The quantitative estimate of drug-likeness (QED) is 0.659. The molecule has 0 unspecified atom stereocenters. The normalized spacial score (nSPS) is 11.3. The Labute approximate surface area is 145 Å². The maximum Gasteiger partial charge on any atom is 0.307 e. The van der Waals surface area contributed by atoms with E-state index < -0.39 is 5.97 Å². The summed E-state index contributed by atoms with van der Waals surface area (Å²) >= 11 is 0. The lowest BCUT2D eigenvalue weighted by Gasteiger charge is -2.15. The number of hydrogen-bond donors (Lipinski definition) is 3. The minimum Gasteiger partial charge on any atom is -0.508 e. The highest BCUT2D eigenvalue weighted by Gasteiger charge is 2.21. The number of carbonyl (C=O) groups is 1. The van der Waals surface area contributed by atoms with E-state index >= 15 is 0 Å². The fraction of sp³-hybridized carbons (Fsp3) is 0.250. The Kier molecular flexibility index (Phi) is 4.40. The second kappa shape index (κ2) is 6.51. The molecule has 25 heavy (non-hydrogen) atoms. The van der Waals surface area contributed by atoms with E-state index in [4.69, 9.17) is 0 Å². The lowest BCUT2D eigenvalue weighted by molar-refractivity contribution is -0.136. The summed E-state index contributed by atoms with van der Waals surface area (Å²) in [5, 5.41) is 29.7. The topological polar surface area (TPSA) is 82.7 Å². The molecular formula is C20H21NO4. The van der Waals surface area contributed by atoms with Gasteiger partial charge in [-0.05, 0) is 47.4 Å². The van der Waals surface area contributed by atoms with Crippen LogP contribution >= 0.6 is 0 Å². The first kappa shape index (κ1) is 16.9. The van der Waals surface area contributed by atoms with Crippen molar-refractivity contribution in [2.45, 2.75) is 32.7 Å². The van der Waals surface area contributed by atoms with Crippen LogP contribution in [-0.4, -0.2) is 25.9 Å². The van der Waals surface area contributed by atoms with E-state index in [-0.39, 0.29) is 23.8 Å². The number of nitrogens with zero attached hydrogens (tertiary/aromatic N) is 1. The van der Waals surface area contributed by atoms with Crippen molar-refractivity contribution in [3.63, 3.8) is 0 Å². The van der Waals surface area contributed by atoms with Crippen LogP contribution in [0.2, 0.25) is 0 Å². The number of phenols is 2. The second-order valence-electron chi connectivity index (χ2n) is 6.55. The van der Waals surface area contributed by atoms with Crippen LogP contribution < -0.4 is 0 Å². The van der Waals surface area contributed by atoms with Crippen LogP contribution in [0.25, 0.3) is 10.9 Å². The van der Waals surface area contributed by atoms with Crippen molar-refractivity contribution < 1.29 is 20.1 Å². The summed E-state index contributed by atoms with van der Waals surface area (Å²) in [7, 11) is 0. The molecule has 0 atom stereocenters. The number of hydrogen-bond acceptors (Lipinski definition) is 3. The molecule has 5 nitrogen and oxygen atoms in total. The standard InChI is InChI=1S/C20H21NO4/c1-12(2)20-17(10-19(24)25)16-9-15(23)6-7-18(16)21(20)11-13-4-3-5-14(22)8-13/h3-9,12,22-23H,10-11H2,1-2H3,(H,24,25). The van der Waals surface area contributed by atoms with Gasteiger partial charge >= 0.3 is 5.97 Å². The number of benzene rings is 2. The third-order valence-electron chi connectivity index (χ3n) is 4.32. The molecule has 130 valence electrons. The molecule has 0 aliphatic carbocycles. The molecule has 3 rings (SSSR count). The largest absolute Gasteiger partial charge is 0.508 e. The average Bonchev–Trinajstić information content (AvgIpc) is 2.80. The average molecular weight is 339 g/mol. The van der Waals surface area contributed by atoms with Crippen LogP contribution in [0.5, 0.6) is 11.5 Å². The summed E-state index contributed by atoms with van der Waals surface area (Å²) in [4.78, 5) is 11.4. The van der Waals surface area contributed by atoms with Gasteiger partial charge in [-0.25, -0.2) is 0 Å². The first-order valence-corrected chi connectivity index (χ1v) is 8.20. The Balaban J connectivity index is 2.25. The fourth-order valence-corrected chi connectivity index (χ4v) is 3.44. The van der Waals surface area contributed by atoms with Gasteiger partial charge in [0.2, 0.25) is 0 Å². The molecule has 0 radical (unpaired) electrons. The summed E-state index contributed by atoms with van der Waals surface area (Å²) in [5.74, 6) is -0.477. The summed E-state index contributed by atoms with van der Waals surface area (Å²) < 4.78 is 2.08. The lowest BCUT2D eigenvalue weighted by atomic mass is 10.0. The zero-order chi connectivity index (χ0) is 18.1. The molecule has 1 aromatic heterocycles. The molecule has 0 aliphatic heterocycles. The second-order valence-corrected chi connectivity index (χ2v) is 6.55. The van der Waals surface area contributed by atoms with Gasteiger partial charge in [0.15, 0.2) is 0 Å². The minimum atomic E-state index is -0.901. The fourth-order valence-electron chi connectivity index (χ4n) is 3.44. The Morgan fingerprint density at radius 2 is 1.80 bits per heavy atom. The number of carboxylic acid groups (broad SMARTS) is 1. The lowest BCUT2D eigenvalue weighted by Crippen LogP contribution is -2.09. The third-order valence-corrected chi connectivity index (χ3v) is 4.32. The van der Waals surface area contributed by atoms with Crippen molar-refractivity contribution >= 4 is 16.9 Å². The van der Waals surface area contributed by atoms with Crippen molar-refractivity contribution in [2.24, 2.45) is 0 Å². The zero-order valence-corrected chi connectivity index (χ0v) is 14.2. The van der Waals surface area contributed by atoms with E-state index in [2.05, 4.69) is 4.57 Å². The number of aliphatic carboxylic acids is 1. The molecule has 0 saturated carbocycles. The predicted molar refractivity (Wildman–Crippen MR) is 96.2 cm³/mol. The number of aromatic nitrogens is 1. The van der Waals surface area contributed by atoms with E-state index in [0.29, 0.717) is 6.54 Å². The van der Waals surface area contributed by atoms with Crippen LogP contribution in [0.3, 0.4) is 0 Å². The molecule has 3 aromatic rings. The van der Waals surface area contributed by atoms with Crippen LogP contribution in [0, 0.1) is 0 Å². The number of phenolic OH excluding ortho intramolecular Hbond substituents is 2. The van der Waals surface area contributed by atoms with E-state index in [1.807, 2.05) is 26.0 Å². The van der Waals surface area contributed by atoms with E-state index in [9.17, 15) is 20.1 Å². The van der Waals surface area contributed by atoms with E-state index in [1.165, 1.54) is 0 Å². The van der Waals surface area contributed by atoms with Crippen LogP contribution in [0.4, 0.5) is 0 Å². The van der Waals surface area contributed by atoms with Crippen molar-refractivity contribution in [1.29, 1.82) is 0 Å². The van der Waals surface area contributed by atoms with Crippen molar-refractivity contribution in [1.82, 2.24) is 4.57 Å². The molecular weight excluding hydrogens is 318 g/mol. The van der Waals surface area contributed by atoms with E-state index in [0.717, 1.165) is 27.7 Å². The molecule has 5 heteroatoms. The van der Waals surface area contributed by atoms with Gasteiger partial charge in [0.25, 0.3) is 0 Å². The first-order chi connectivity index (χ1) is 11.9. The predicted octanol–water partition coefficient (Wildman–Crippen LogP) is 3.85. The summed E-state index contributed by atoms with van der Waals surface area (Å²) in [6, 6.07) is 12.1. The highest BCUT2D eigenvalue weighted by Crippen LogP contribution is 2.34. The zero-order valence-electron chi connectivity index (χ0n) is 14.2. The summed E-state index contributed by atoms with van der Waals surface area (Å²) in [6.07, 6.45) is -0.0967. The number of carboxylic acids is 1. The molecule has 2 aromatic carbocycles. The minimum absolute atomic E-state index is 0.0967. The van der Waals surface area contributed by atoms with Crippen molar-refractivity contribution in [3.8, 4) is 11.5 Å². The highest BCUT2D eigenvalue weighted by atomic mass is 16.4. The van der Waals surface area contributed by atoms with Crippen LogP contribution in [-0.2, 0) is 17.8 Å². The first-order valence-electron chi connectivity index (χ1n) is 8.20. The SMILES string of the molecule is CC(C)c1c(CC(=O)O)c2cc(O)ccc2n1Cc1cccc(O)c1. The molecule has 0 saturated heterocycles. The van der Waals surface area contributed by atoms with E-state index in [1.54, 1.807) is 30.3 Å². The maximum absolute atomic E-state index is 11.4. The molecule has 1 heterocycles. The van der Waals surface area contributed by atoms with Crippen molar-refractivity contribution in [2.75, 3.05) is 0 Å². The smallest absolute Gasteiger partial charge is 0.307 e. The van der Waals surface area contributed by atoms with Gasteiger partial charge in [0.1, 0.15) is 11.5 Å². The van der Waals surface area contributed by atoms with Gasteiger partial charge in [0, 0.05) is 23.1 Å². The molecule has 0 spiro atoms. The summed E-state index contributed by atoms with van der Waals surface area (Å²) in [6.45, 7) is 4.57. The number of rotatable bonds is 5. The van der Waals surface area contributed by atoms with Gasteiger partial charge in [-0.2, -0.15) is 0 Å². The van der Waals surface area contributed by atoms with Gasteiger partial charge in [-0.15, -0.1) is 0 Å². The van der Waals surface area contributed by atoms with Crippen LogP contribution in [0.15, 0.2) is 42.5 Å². The van der Waals surface area contributed by atoms with Crippen molar-refractivity contribution in [3.05, 3.63) is 59.3 Å². The van der Waals surface area contributed by atoms with Gasteiger partial charge in [-0.3, -0.25) is 4.79 Å². The Morgan fingerprint density at radius 3 is 2.44 bits per heavy atom.